The topological polar surface area (TPSA) is 96.0 Å². The molecule has 0 aliphatic rings. The standard InChI is InChI=1S/C23H29ClFN3O5S/c1-16(23(30)26-2)27(15-17-7-9-18(25)10-8-17)22(29)6-5-13-28(34(4,31)32)19-11-12-21(33-3)20(24)14-19/h7-12,14,16H,5-6,13,15H2,1-4H3,(H,26,30)/t16-/m1/s1. The molecular weight excluding hydrogens is 485 g/mol. The van der Waals surface area contributed by atoms with E-state index < -0.39 is 21.9 Å². The van der Waals surface area contributed by atoms with E-state index in [1.54, 1.807) is 31.2 Å². The lowest BCUT2D eigenvalue weighted by Crippen LogP contribution is -2.46. The number of hydrogen-bond acceptors (Lipinski definition) is 5. The van der Waals surface area contributed by atoms with Crippen LogP contribution in [-0.2, 0) is 26.2 Å². The van der Waals surface area contributed by atoms with Gasteiger partial charge in [-0.25, -0.2) is 12.8 Å². The van der Waals surface area contributed by atoms with Crippen molar-refractivity contribution >= 4 is 39.1 Å². The van der Waals surface area contributed by atoms with Crippen molar-refractivity contribution in [2.24, 2.45) is 0 Å². The van der Waals surface area contributed by atoms with Gasteiger partial charge in [0.05, 0.1) is 24.1 Å². The normalized spacial score (nSPS) is 12.1. The second-order valence-corrected chi connectivity index (χ2v) is 10.0. The number of anilines is 1. The van der Waals surface area contributed by atoms with Crippen LogP contribution in [0.2, 0.25) is 5.02 Å². The Hall–Kier alpha value is -2.85. The van der Waals surface area contributed by atoms with E-state index in [-0.39, 0.29) is 42.8 Å². The first-order valence-electron chi connectivity index (χ1n) is 10.5. The number of ether oxygens (including phenoxy) is 1. The first-order chi connectivity index (χ1) is 16.0. The van der Waals surface area contributed by atoms with Gasteiger partial charge in [0, 0.05) is 26.6 Å². The molecule has 0 saturated carbocycles. The Morgan fingerprint density at radius 2 is 1.82 bits per heavy atom. The van der Waals surface area contributed by atoms with E-state index in [2.05, 4.69) is 5.32 Å². The van der Waals surface area contributed by atoms with Crippen LogP contribution in [0.5, 0.6) is 5.75 Å². The molecule has 2 aromatic rings. The third-order valence-electron chi connectivity index (χ3n) is 5.26. The number of nitrogens with zero attached hydrogens (tertiary/aromatic N) is 2. The number of benzene rings is 2. The highest BCUT2D eigenvalue weighted by molar-refractivity contribution is 7.92. The maximum atomic E-state index is 13.3. The predicted octanol–water partition coefficient (Wildman–Crippen LogP) is 3.20. The predicted molar refractivity (Wildman–Crippen MR) is 130 cm³/mol. The number of carbonyl (C=O) groups excluding carboxylic acids is 2. The van der Waals surface area contributed by atoms with E-state index in [4.69, 9.17) is 16.3 Å². The molecule has 34 heavy (non-hydrogen) atoms. The van der Waals surface area contributed by atoms with E-state index in [0.717, 1.165) is 10.6 Å². The minimum atomic E-state index is -3.65. The van der Waals surface area contributed by atoms with Crippen molar-refractivity contribution in [2.45, 2.75) is 32.4 Å². The monoisotopic (exact) mass is 513 g/mol. The smallest absolute Gasteiger partial charge is 0.242 e. The maximum absolute atomic E-state index is 13.3. The van der Waals surface area contributed by atoms with Gasteiger partial charge < -0.3 is 15.0 Å². The molecule has 0 radical (unpaired) electrons. The average Bonchev–Trinajstić information content (AvgIpc) is 2.79. The van der Waals surface area contributed by atoms with Crippen LogP contribution in [0.15, 0.2) is 42.5 Å². The molecule has 2 aromatic carbocycles. The SMILES string of the molecule is CNC(=O)[C@@H](C)N(Cc1ccc(F)cc1)C(=O)CCCN(c1ccc(OC)c(Cl)c1)S(C)(=O)=O. The zero-order chi connectivity index (χ0) is 25.5. The highest BCUT2D eigenvalue weighted by atomic mass is 35.5. The van der Waals surface area contributed by atoms with Crippen molar-refractivity contribution in [3.8, 4) is 5.75 Å². The van der Waals surface area contributed by atoms with Crippen LogP contribution in [0.1, 0.15) is 25.3 Å². The number of likely N-dealkylation sites (N-methyl/N-ethyl adjacent to an activating group) is 1. The van der Waals surface area contributed by atoms with Crippen LogP contribution in [0.25, 0.3) is 0 Å². The fourth-order valence-corrected chi connectivity index (χ4v) is 4.60. The molecule has 0 aliphatic carbocycles. The highest BCUT2D eigenvalue weighted by Crippen LogP contribution is 2.30. The molecule has 0 fully saturated rings. The van der Waals surface area contributed by atoms with Crippen LogP contribution < -0.4 is 14.4 Å². The summed E-state index contributed by atoms with van der Waals surface area (Å²) in [7, 11) is -0.717. The van der Waals surface area contributed by atoms with Crippen LogP contribution in [-0.4, -0.2) is 58.1 Å². The molecule has 2 rings (SSSR count). The van der Waals surface area contributed by atoms with Crippen molar-refractivity contribution in [2.75, 3.05) is 31.3 Å². The molecule has 0 bridgehead atoms. The summed E-state index contributed by atoms with van der Waals surface area (Å²) in [4.78, 5) is 26.6. The summed E-state index contributed by atoms with van der Waals surface area (Å²) in [5.74, 6) is -0.670. The minimum absolute atomic E-state index is 0.00155. The summed E-state index contributed by atoms with van der Waals surface area (Å²) >= 11 is 6.15. The van der Waals surface area contributed by atoms with Crippen molar-refractivity contribution in [1.29, 1.82) is 0 Å². The first-order valence-corrected chi connectivity index (χ1v) is 12.8. The third kappa shape index (κ3) is 7.33. The zero-order valence-electron chi connectivity index (χ0n) is 19.5. The van der Waals surface area contributed by atoms with Gasteiger partial charge in [-0.2, -0.15) is 0 Å². The van der Waals surface area contributed by atoms with Crippen LogP contribution in [0, 0.1) is 5.82 Å². The van der Waals surface area contributed by atoms with Crippen LogP contribution in [0.3, 0.4) is 0 Å². The minimum Gasteiger partial charge on any atom is -0.495 e. The summed E-state index contributed by atoms with van der Waals surface area (Å²) < 4.78 is 44.3. The summed E-state index contributed by atoms with van der Waals surface area (Å²) in [5, 5.41) is 2.78. The highest BCUT2D eigenvalue weighted by Gasteiger charge is 2.26. The molecule has 0 spiro atoms. The molecule has 11 heteroatoms. The van der Waals surface area contributed by atoms with Gasteiger partial charge in [0.1, 0.15) is 17.6 Å². The molecular formula is C23H29ClFN3O5S. The van der Waals surface area contributed by atoms with Crippen LogP contribution in [0.4, 0.5) is 10.1 Å². The molecule has 0 aliphatic heterocycles. The van der Waals surface area contributed by atoms with Gasteiger partial charge in [-0.3, -0.25) is 13.9 Å². The van der Waals surface area contributed by atoms with Gasteiger partial charge in [0.25, 0.3) is 0 Å². The number of hydrogen-bond donors (Lipinski definition) is 1. The van der Waals surface area contributed by atoms with E-state index in [1.165, 1.54) is 37.3 Å². The fraction of sp³-hybridized carbons (Fsp3) is 0.391. The number of amides is 2. The molecule has 0 heterocycles. The Balaban J connectivity index is 2.16. The van der Waals surface area contributed by atoms with E-state index >= 15 is 0 Å². The summed E-state index contributed by atoms with van der Waals surface area (Å²) in [6, 6.07) is 9.51. The Morgan fingerprint density at radius 1 is 1.18 bits per heavy atom. The maximum Gasteiger partial charge on any atom is 0.242 e. The average molecular weight is 514 g/mol. The molecule has 0 unspecified atom stereocenters. The Bertz CT molecular complexity index is 1110. The van der Waals surface area contributed by atoms with Gasteiger partial charge in [-0.05, 0) is 49.2 Å². The second kappa shape index (κ2) is 12.0. The van der Waals surface area contributed by atoms with E-state index in [1.807, 2.05) is 0 Å². The van der Waals surface area contributed by atoms with Gasteiger partial charge in [0.15, 0.2) is 0 Å². The van der Waals surface area contributed by atoms with Gasteiger partial charge in [-0.15, -0.1) is 0 Å². The number of halogens is 2. The van der Waals surface area contributed by atoms with E-state index in [0.29, 0.717) is 17.0 Å². The van der Waals surface area contributed by atoms with E-state index in [9.17, 15) is 22.4 Å². The van der Waals surface area contributed by atoms with Crippen LogP contribution >= 0.6 is 11.6 Å². The first kappa shape index (κ1) is 27.4. The molecule has 1 N–H and O–H groups in total. The molecule has 0 saturated heterocycles. The number of carbonyl (C=O) groups is 2. The molecule has 1 atom stereocenters. The van der Waals surface area contributed by atoms with Gasteiger partial charge >= 0.3 is 0 Å². The number of sulfonamides is 1. The Kier molecular flexibility index (Phi) is 9.69. The Labute approximate surface area is 204 Å². The van der Waals surface area contributed by atoms with Gasteiger partial charge in [0.2, 0.25) is 21.8 Å². The second-order valence-electron chi connectivity index (χ2n) is 7.70. The van der Waals surface area contributed by atoms with Crippen molar-refractivity contribution < 1.29 is 27.1 Å². The molecule has 8 nitrogen and oxygen atoms in total. The third-order valence-corrected chi connectivity index (χ3v) is 6.74. The van der Waals surface area contributed by atoms with Crippen molar-refractivity contribution in [1.82, 2.24) is 10.2 Å². The number of nitrogens with one attached hydrogen (secondary N) is 1. The lowest BCUT2D eigenvalue weighted by molar-refractivity contribution is -0.140. The lowest BCUT2D eigenvalue weighted by atomic mass is 10.1. The zero-order valence-corrected chi connectivity index (χ0v) is 21.1. The molecule has 186 valence electrons. The largest absolute Gasteiger partial charge is 0.495 e. The van der Waals surface area contributed by atoms with Crippen molar-refractivity contribution in [3.63, 3.8) is 0 Å². The lowest BCUT2D eigenvalue weighted by Gasteiger charge is -2.29. The quantitative estimate of drug-likeness (QED) is 0.498. The van der Waals surface area contributed by atoms with Gasteiger partial charge in [-0.1, -0.05) is 23.7 Å². The fourth-order valence-electron chi connectivity index (χ4n) is 3.39. The van der Waals surface area contributed by atoms with Crippen molar-refractivity contribution in [3.05, 3.63) is 58.9 Å². The number of methoxy groups -OCH3 is 1. The summed E-state index contributed by atoms with van der Waals surface area (Å²) in [5.41, 5.74) is 1.01. The summed E-state index contributed by atoms with van der Waals surface area (Å²) in [6.07, 6.45) is 1.27. The summed E-state index contributed by atoms with van der Waals surface area (Å²) in [6.45, 7) is 1.74. The Morgan fingerprint density at radius 3 is 2.35 bits per heavy atom. The molecule has 2 amide bonds. The molecule has 0 aromatic heterocycles. The number of rotatable bonds is 11.